The second-order valence-corrected chi connectivity index (χ2v) is 4.96. The maximum absolute atomic E-state index is 13.4. The van der Waals surface area contributed by atoms with E-state index in [4.69, 9.17) is 11.6 Å². The summed E-state index contributed by atoms with van der Waals surface area (Å²) in [7, 11) is 1.88. The van der Waals surface area contributed by atoms with E-state index in [0.717, 1.165) is 16.8 Å². The molecule has 4 heteroatoms. The number of hydrogen-bond acceptors (Lipinski definition) is 2. The third-order valence-corrected chi connectivity index (χ3v) is 3.37. The minimum absolute atomic E-state index is 0.0560. The highest BCUT2D eigenvalue weighted by Crippen LogP contribution is 2.21. The van der Waals surface area contributed by atoms with Crippen molar-refractivity contribution in [2.24, 2.45) is 0 Å². The van der Waals surface area contributed by atoms with Gasteiger partial charge in [0, 0.05) is 6.20 Å². The highest BCUT2D eigenvalue weighted by Gasteiger charge is 2.12. The lowest BCUT2D eigenvalue weighted by Gasteiger charge is -2.16. The molecule has 1 N–H and O–H groups in total. The van der Waals surface area contributed by atoms with Gasteiger partial charge in [0.25, 0.3) is 0 Å². The molecule has 0 bridgehead atoms. The van der Waals surface area contributed by atoms with Gasteiger partial charge < -0.3 is 5.32 Å². The molecule has 2 nitrogen and oxygen atoms in total. The first-order valence-electron chi connectivity index (χ1n) is 6.14. The van der Waals surface area contributed by atoms with Crippen molar-refractivity contribution in [2.75, 3.05) is 7.05 Å². The molecule has 100 valence electrons. The molecule has 0 saturated heterocycles. The fourth-order valence-electron chi connectivity index (χ4n) is 2.01. The zero-order chi connectivity index (χ0) is 13.8. The molecule has 19 heavy (non-hydrogen) atoms. The van der Waals surface area contributed by atoms with E-state index >= 15 is 0 Å². The number of aromatic nitrogens is 1. The fraction of sp³-hybridized carbons (Fsp3) is 0.267. The first kappa shape index (κ1) is 14.0. The summed E-state index contributed by atoms with van der Waals surface area (Å²) in [5, 5.41) is 3.36. The Balaban J connectivity index is 2.21. The van der Waals surface area contributed by atoms with Crippen LogP contribution in [-0.2, 0) is 6.42 Å². The number of halogens is 2. The lowest BCUT2D eigenvalue weighted by atomic mass is 10.0. The Morgan fingerprint density at radius 3 is 2.74 bits per heavy atom. The molecule has 1 aromatic heterocycles. The van der Waals surface area contributed by atoms with Crippen LogP contribution in [-0.4, -0.2) is 12.0 Å². The lowest BCUT2D eigenvalue weighted by molar-refractivity contribution is 0.570. The predicted molar refractivity (Wildman–Crippen MR) is 75.9 cm³/mol. The van der Waals surface area contributed by atoms with E-state index in [0.29, 0.717) is 6.42 Å². The molecule has 0 fully saturated rings. The van der Waals surface area contributed by atoms with Crippen LogP contribution in [0.2, 0.25) is 5.02 Å². The molecule has 2 aromatic rings. The second kappa shape index (κ2) is 6.13. The van der Waals surface area contributed by atoms with Crippen LogP contribution in [0.5, 0.6) is 0 Å². The van der Waals surface area contributed by atoms with Crippen molar-refractivity contribution in [3.05, 3.63) is 64.2 Å². The van der Waals surface area contributed by atoms with Crippen LogP contribution in [0.25, 0.3) is 0 Å². The van der Waals surface area contributed by atoms with E-state index in [1.165, 1.54) is 6.07 Å². The van der Waals surface area contributed by atoms with Crippen LogP contribution in [0, 0.1) is 12.7 Å². The van der Waals surface area contributed by atoms with E-state index in [-0.39, 0.29) is 16.9 Å². The zero-order valence-corrected chi connectivity index (χ0v) is 11.7. The third kappa shape index (κ3) is 3.52. The molecule has 1 aromatic carbocycles. The van der Waals surface area contributed by atoms with Gasteiger partial charge in [-0.2, -0.15) is 0 Å². The van der Waals surface area contributed by atoms with Crippen molar-refractivity contribution in [3.63, 3.8) is 0 Å². The maximum atomic E-state index is 13.4. The number of hydrogen-bond donors (Lipinski definition) is 1. The van der Waals surface area contributed by atoms with E-state index in [2.05, 4.69) is 10.3 Å². The SMILES string of the molecule is CNC(Cc1ccc(Cl)c(F)c1)c1cc(C)ccn1. The highest BCUT2D eigenvalue weighted by atomic mass is 35.5. The van der Waals surface area contributed by atoms with E-state index in [1.54, 1.807) is 12.3 Å². The van der Waals surface area contributed by atoms with Gasteiger partial charge >= 0.3 is 0 Å². The van der Waals surface area contributed by atoms with E-state index in [9.17, 15) is 4.39 Å². The maximum Gasteiger partial charge on any atom is 0.142 e. The average Bonchev–Trinajstić information content (AvgIpc) is 2.40. The summed E-state index contributed by atoms with van der Waals surface area (Å²) in [6.07, 6.45) is 2.46. The van der Waals surface area contributed by atoms with Crippen molar-refractivity contribution >= 4 is 11.6 Å². The zero-order valence-electron chi connectivity index (χ0n) is 11.0. The van der Waals surface area contributed by atoms with Crippen molar-refractivity contribution in [3.8, 4) is 0 Å². The summed E-state index contributed by atoms with van der Waals surface area (Å²) in [6, 6.07) is 8.95. The first-order valence-corrected chi connectivity index (χ1v) is 6.51. The predicted octanol–water partition coefficient (Wildman–Crippen LogP) is 3.69. The second-order valence-electron chi connectivity index (χ2n) is 4.55. The van der Waals surface area contributed by atoms with Crippen molar-refractivity contribution < 1.29 is 4.39 Å². The molecule has 0 aliphatic rings. The topological polar surface area (TPSA) is 24.9 Å². The summed E-state index contributed by atoms with van der Waals surface area (Å²) < 4.78 is 13.4. The highest BCUT2D eigenvalue weighted by molar-refractivity contribution is 6.30. The molecular formula is C15H16ClFN2. The normalized spacial score (nSPS) is 12.4. The van der Waals surface area contributed by atoms with Gasteiger partial charge in [-0.05, 0) is 55.8 Å². The van der Waals surface area contributed by atoms with Crippen LogP contribution in [0.3, 0.4) is 0 Å². The molecular weight excluding hydrogens is 263 g/mol. The van der Waals surface area contributed by atoms with Gasteiger partial charge in [0.05, 0.1) is 16.8 Å². The summed E-state index contributed by atoms with van der Waals surface area (Å²) in [4.78, 5) is 4.36. The number of nitrogens with one attached hydrogen (secondary N) is 1. The molecule has 1 atom stereocenters. The molecule has 0 aliphatic carbocycles. The van der Waals surface area contributed by atoms with Gasteiger partial charge in [0.2, 0.25) is 0 Å². The molecule has 1 unspecified atom stereocenters. The van der Waals surface area contributed by atoms with Gasteiger partial charge in [-0.1, -0.05) is 17.7 Å². The largest absolute Gasteiger partial charge is 0.311 e. The monoisotopic (exact) mass is 278 g/mol. The number of aryl methyl sites for hydroxylation is 1. The van der Waals surface area contributed by atoms with Crippen LogP contribution in [0.15, 0.2) is 36.5 Å². The summed E-state index contributed by atoms with van der Waals surface area (Å²) >= 11 is 5.69. The summed E-state index contributed by atoms with van der Waals surface area (Å²) in [6.45, 7) is 2.03. The van der Waals surface area contributed by atoms with Gasteiger partial charge in [0.1, 0.15) is 5.82 Å². The van der Waals surface area contributed by atoms with Crippen molar-refractivity contribution in [2.45, 2.75) is 19.4 Å². The van der Waals surface area contributed by atoms with Crippen LogP contribution < -0.4 is 5.32 Å². The molecule has 0 saturated carbocycles. The molecule has 1 heterocycles. The minimum atomic E-state index is -0.383. The van der Waals surface area contributed by atoms with E-state index < -0.39 is 0 Å². The molecule has 0 amide bonds. The number of pyridine rings is 1. The summed E-state index contributed by atoms with van der Waals surface area (Å²) in [5.41, 5.74) is 3.01. The van der Waals surface area contributed by atoms with Crippen LogP contribution in [0.1, 0.15) is 22.9 Å². The standard InChI is InChI=1S/C15H16ClFN2/c1-10-5-6-19-15(7-10)14(18-2)9-11-3-4-12(16)13(17)8-11/h3-8,14,18H,9H2,1-2H3. The Bertz CT molecular complexity index is 572. The molecule has 2 rings (SSSR count). The van der Waals surface area contributed by atoms with Gasteiger partial charge in [-0.3, -0.25) is 4.98 Å². The van der Waals surface area contributed by atoms with E-state index in [1.807, 2.05) is 32.2 Å². The summed E-state index contributed by atoms with van der Waals surface area (Å²) in [5.74, 6) is -0.383. The Morgan fingerprint density at radius 2 is 2.11 bits per heavy atom. The van der Waals surface area contributed by atoms with Crippen LogP contribution >= 0.6 is 11.6 Å². The van der Waals surface area contributed by atoms with Crippen LogP contribution in [0.4, 0.5) is 4.39 Å². The van der Waals surface area contributed by atoms with Crippen molar-refractivity contribution in [1.29, 1.82) is 0 Å². The average molecular weight is 279 g/mol. The molecule has 0 spiro atoms. The lowest BCUT2D eigenvalue weighted by Crippen LogP contribution is -2.20. The number of likely N-dealkylation sites (N-methyl/N-ethyl adjacent to an activating group) is 1. The Labute approximate surface area is 117 Å². The third-order valence-electron chi connectivity index (χ3n) is 3.07. The minimum Gasteiger partial charge on any atom is -0.311 e. The fourth-order valence-corrected chi connectivity index (χ4v) is 2.12. The van der Waals surface area contributed by atoms with Gasteiger partial charge in [0.15, 0.2) is 0 Å². The molecule has 0 aliphatic heterocycles. The molecule has 0 radical (unpaired) electrons. The number of benzene rings is 1. The Kier molecular flexibility index (Phi) is 4.51. The quantitative estimate of drug-likeness (QED) is 0.923. The number of nitrogens with zero attached hydrogens (tertiary/aromatic N) is 1. The van der Waals surface area contributed by atoms with Gasteiger partial charge in [-0.25, -0.2) is 4.39 Å². The number of rotatable bonds is 4. The van der Waals surface area contributed by atoms with Crippen molar-refractivity contribution in [1.82, 2.24) is 10.3 Å². The Hall–Kier alpha value is -1.45. The Morgan fingerprint density at radius 1 is 1.32 bits per heavy atom. The first-order chi connectivity index (χ1) is 9.10. The van der Waals surface area contributed by atoms with Gasteiger partial charge in [-0.15, -0.1) is 0 Å². The smallest absolute Gasteiger partial charge is 0.142 e.